The van der Waals surface area contributed by atoms with Gasteiger partial charge in [0.25, 0.3) is 11.8 Å². The third-order valence-electron chi connectivity index (χ3n) is 3.42. The summed E-state index contributed by atoms with van der Waals surface area (Å²) >= 11 is 0. The molecule has 0 saturated carbocycles. The highest BCUT2D eigenvalue weighted by Crippen LogP contribution is 2.00. The number of para-hydroxylation sites is 2. The highest BCUT2D eigenvalue weighted by molar-refractivity contribution is 6.05. The van der Waals surface area contributed by atoms with Crippen LogP contribution in [-0.2, 0) is 16.0 Å². The van der Waals surface area contributed by atoms with E-state index in [0.717, 1.165) is 5.56 Å². The van der Waals surface area contributed by atoms with Crippen LogP contribution in [0.2, 0.25) is 0 Å². The lowest BCUT2D eigenvalue weighted by molar-refractivity contribution is -0.129. The van der Waals surface area contributed by atoms with Crippen molar-refractivity contribution in [1.29, 1.82) is 0 Å². The van der Waals surface area contributed by atoms with Crippen molar-refractivity contribution >= 4 is 11.8 Å². The number of carbonyl (C=O) groups is 2. The SMILES string of the molecule is O=C1N=c2ccccc2=NC1C(=O)NCCc1ccccc1. The summed E-state index contributed by atoms with van der Waals surface area (Å²) in [6, 6.07) is 15.8. The Labute approximate surface area is 127 Å². The second kappa shape index (κ2) is 6.30. The molecule has 0 radical (unpaired) electrons. The molecule has 2 amide bonds. The maximum atomic E-state index is 12.1. The first-order chi connectivity index (χ1) is 10.7. The minimum atomic E-state index is -1.08. The Morgan fingerprint density at radius 2 is 1.68 bits per heavy atom. The third kappa shape index (κ3) is 3.09. The van der Waals surface area contributed by atoms with E-state index >= 15 is 0 Å². The lowest BCUT2D eigenvalue weighted by Gasteiger charge is -2.12. The molecule has 22 heavy (non-hydrogen) atoms. The molecular weight excluding hydrogens is 278 g/mol. The summed E-state index contributed by atoms with van der Waals surface area (Å²) < 4.78 is 0. The minimum Gasteiger partial charge on any atom is -0.353 e. The van der Waals surface area contributed by atoms with Crippen molar-refractivity contribution in [1.82, 2.24) is 5.32 Å². The lowest BCUT2D eigenvalue weighted by atomic mass is 10.1. The molecule has 0 bridgehead atoms. The van der Waals surface area contributed by atoms with E-state index in [1.165, 1.54) is 0 Å². The van der Waals surface area contributed by atoms with Gasteiger partial charge >= 0.3 is 0 Å². The molecular formula is C17H15N3O2. The molecule has 1 heterocycles. The number of benzene rings is 2. The van der Waals surface area contributed by atoms with Gasteiger partial charge in [-0.05, 0) is 24.1 Å². The molecule has 0 aliphatic carbocycles. The van der Waals surface area contributed by atoms with Gasteiger partial charge in [-0.15, -0.1) is 0 Å². The molecule has 1 N–H and O–H groups in total. The second-order valence-corrected chi connectivity index (χ2v) is 5.00. The lowest BCUT2D eigenvalue weighted by Crippen LogP contribution is -2.45. The van der Waals surface area contributed by atoms with Gasteiger partial charge < -0.3 is 5.32 Å². The Balaban J connectivity index is 1.66. The van der Waals surface area contributed by atoms with Gasteiger partial charge in [-0.1, -0.05) is 42.5 Å². The molecule has 1 aliphatic heterocycles. The predicted molar refractivity (Wildman–Crippen MR) is 80.7 cm³/mol. The van der Waals surface area contributed by atoms with Crippen molar-refractivity contribution in [3.63, 3.8) is 0 Å². The Kier molecular flexibility index (Phi) is 4.05. The zero-order valence-electron chi connectivity index (χ0n) is 11.9. The van der Waals surface area contributed by atoms with Gasteiger partial charge in [0.1, 0.15) is 0 Å². The molecule has 0 spiro atoms. The molecule has 2 aromatic rings. The van der Waals surface area contributed by atoms with E-state index in [1.807, 2.05) is 30.3 Å². The van der Waals surface area contributed by atoms with E-state index in [-0.39, 0.29) is 0 Å². The van der Waals surface area contributed by atoms with Gasteiger partial charge in [0.2, 0.25) is 6.04 Å². The molecule has 5 nitrogen and oxygen atoms in total. The van der Waals surface area contributed by atoms with Gasteiger partial charge in [-0.2, -0.15) is 0 Å². The van der Waals surface area contributed by atoms with Crippen LogP contribution in [0.1, 0.15) is 5.56 Å². The first-order valence-electron chi connectivity index (χ1n) is 7.11. The molecule has 1 atom stereocenters. The van der Waals surface area contributed by atoms with E-state index in [0.29, 0.717) is 23.7 Å². The molecule has 2 aromatic carbocycles. The fourth-order valence-corrected chi connectivity index (χ4v) is 2.28. The first kappa shape index (κ1) is 14.1. The summed E-state index contributed by atoms with van der Waals surface area (Å²) in [6.45, 7) is 0.462. The fourth-order valence-electron chi connectivity index (χ4n) is 2.28. The van der Waals surface area contributed by atoms with Gasteiger partial charge in [0.05, 0.1) is 10.7 Å². The summed E-state index contributed by atoms with van der Waals surface area (Å²) in [5, 5.41) is 3.84. The van der Waals surface area contributed by atoms with Crippen LogP contribution in [0.4, 0.5) is 0 Å². The fraction of sp³-hybridized carbons (Fsp3) is 0.176. The van der Waals surface area contributed by atoms with E-state index in [4.69, 9.17) is 0 Å². The number of nitrogens with zero attached hydrogens (tertiary/aromatic N) is 2. The molecule has 0 aromatic heterocycles. The van der Waals surface area contributed by atoms with Crippen molar-refractivity contribution in [3.8, 4) is 0 Å². The van der Waals surface area contributed by atoms with E-state index in [1.54, 1.807) is 24.3 Å². The molecule has 0 fully saturated rings. The maximum absolute atomic E-state index is 12.1. The second-order valence-electron chi connectivity index (χ2n) is 5.00. The summed E-state index contributed by atoms with van der Waals surface area (Å²) in [5.74, 6) is -0.921. The number of amides is 2. The number of rotatable bonds is 4. The number of nitrogens with one attached hydrogen (secondary N) is 1. The smallest absolute Gasteiger partial charge is 0.280 e. The quantitative estimate of drug-likeness (QED) is 0.818. The molecule has 1 unspecified atom stereocenters. The minimum absolute atomic E-state index is 0.404. The Morgan fingerprint density at radius 3 is 2.45 bits per heavy atom. The van der Waals surface area contributed by atoms with Crippen molar-refractivity contribution in [3.05, 3.63) is 70.9 Å². The van der Waals surface area contributed by atoms with Crippen LogP contribution in [0.25, 0.3) is 0 Å². The number of hydrogen-bond donors (Lipinski definition) is 1. The summed E-state index contributed by atoms with van der Waals surface area (Å²) in [5.41, 5.74) is 1.13. The van der Waals surface area contributed by atoms with E-state index in [2.05, 4.69) is 15.3 Å². The van der Waals surface area contributed by atoms with Crippen molar-refractivity contribution in [2.24, 2.45) is 9.98 Å². The van der Waals surface area contributed by atoms with Crippen LogP contribution in [0, 0.1) is 0 Å². The zero-order chi connectivity index (χ0) is 15.4. The third-order valence-corrected chi connectivity index (χ3v) is 3.42. The Bertz CT molecular complexity index is 815. The normalized spacial score (nSPS) is 16.2. The first-order valence-corrected chi connectivity index (χ1v) is 7.11. The van der Waals surface area contributed by atoms with Gasteiger partial charge in [0, 0.05) is 6.54 Å². The van der Waals surface area contributed by atoms with E-state index in [9.17, 15) is 9.59 Å². The Hall–Kier alpha value is -2.82. The van der Waals surface area contributed by atoms with Gasteiger partial charge in [-0.3, -0.25) is 14.6 Å². The molecule has 1 aliphatic rings. The largest absolute Gasteiger partial charge is 0.353 e. The van der Waals surface area contributed by atoms with Gasteiger partial charge in [-0.25, -0.2) is 4.99 Å². The molecule has 5 heteroatoms. The number of carbonyl (C=O) groups excluding carboxylic acids is 2. The van der Waals surface area contributed by atoms with Crippen LogP contribution in [-0.4, -0.2) is 24.4 Å². The molecule has 3 rings (SSSR count). The highest BCUT2D eigenvalue weighted by Gasteiger charge is 2.27. The maximum Gasteiger partial charge on any atom is 0.280 e. The van der Waals surface area contributed by atoms with Crippen LogP contribution < -0.4 is 16.0 Å². The average Bonchev–Trinajstić information content (AvgIpc) is 2.55. The number of fused-ring (bicyclic) bond motifs is 1. The molecule has 0 saturated heterocycles. The topological polar surface area (TPSA) is 70.9 Å². The highest BCUT2D eigenvalue weighted by atomic mass is 16.2. The van der Waals surface area contributed by atoms with Crippen LogP contribution in [0.15, 0.2) is 64.6 Å². The Morgan fingerprint density at radius 1 is 1.00 bits per heavy atom. The summed E-state index contributed by atoms with van der Waals surface area (Å²) in [4.78, 5) is 32.2. The van der Waals surface area contributed by atoms with E-state index < -0.39 is 17.9 Å². The average molecular weight is 293 g/mol. The van der Waals surface area contributed by atoms with Crippen molar-refractivity contribution in [2.45, 2.75) is 12.5 Å². The van der Waals surface area contributed by atoms with Crippen LogP contribution in [0.5, 0.6) is 0 Å². The number of hydrogen-bond acceptors (Lipinski definition) is 3. The van der Waals surface area contributed by atoms with Crippen molar-refractivity contribution < 1.29 is 9.59 Å². The predicted octanol–water partition coefficient (Wildman–Crippen LogP) is 0.193. The standard InChI is InChI=1S/C17H15N3O2/c21-16(18-11-10-12-6-2-1-3-7-12)15-17(22)20-14-9-5-4-8-13(14)19-15/h1-9,15H,10-11H2,(H,18,21). The summed E-state index contributed by atoms with van der Waals surface area (Å²) in [7, 11) is 0. The van der Waals surface area contributed by atoms with Gasteiger partial charge in [0.15, 0.2) is 0 Å². The summed E-state index contributed by atoms with van der Waals surface area (Å²) in [6.07, 6.45) is 0.710. The molecule has 110 valence electrons. The van der Waals surface area contributed by atoms with Crippen LogP contribution in [0.3, 0.4) is 0 Å². The van der Waals surface area contributed by atoms with Crippen LogP contribution >= 0.6 is 0 Å². The van der Waals surface area contributed by atoms with Crippen molar-refractivity contribution in [2.75, 3.05) is 6.54 Å². The monoisotopic (exact) mass is 293 g/mol. The zero-order valence-corrected chi connectivity index (χ0v) is 11.9.